The molecule has 1 saturated heterocycles. The molecule has 2 heterocycles. The number of hydrogen-bond donors (Lipinski definition) is 0. The van der Waals surface area contributed by atoms with Gasteiger partial charge in [0.25, 0.3) is 0 Å². The number of piperidine rings is 1. The quantitative estimate of drug-likeness (QED) is 0.610. The molecule has 0 bridgehead atoms. The topological polar surface area (TPSA) is 51.7 Å². The fourth-order valence-corrected chi connectivity index (χ4v) is 3.45. The number of amides is 1. The standard InChI is InChI=1S/C17H31NO3.C5H4FN.C2H2/c1-17(2,3)21-16(19)18-11-9-14(10-12-18)13-20-15-7-5-4-6-8-15;6-5-2-1-3-7-4-5;1-2/h14-15H,4-13H2,1-3H3;1-4H;1-2H. The van der Waals surface area contributed by atoms with Gasteiger partial charge in [-0.3, -0.25) is 4.98 Å². The van der Waals surface area contributed by atoms with Gasteiger partial charge in [0.2, 0.25) is 0 Å². The van der Waals surface area contributed by atoms with E-state index < -0.39 is 5.60 Å². The second-order valence-corrected chi connectivity index (χ2v) is 8.68. The molecule has 0 aromatic carbocycles. The lowest BCUT2D eigenvalue weighted by Gasteiger charge is -2.34. The van der Waals surface area contributed by atoms with Crippen molar-refractivity contribution in [3.8, 4) is 12.8 Å². The molecule has 0 N–H and O–H groups in total. The van der Waals surface area contributed by atoms with Crippen LogP contribution in [0.3, 0.4) is 0 Å². The van der Waals surface area contributed by atoms with Crippen LogP contribution < -0.4 is 0 Å². The Kier molecular flexibility index (Phi) is 12.1. The summed E-state index contributed by atoms with van der Waals surface area (Å²) in [6.07, 6.45) is 19.6. The molecule has 1 saturated carbocycles. The van der Waals surface area contributed by atoms with Crippen LogP contribution in [0.2, 0.25) is 0 Å². The minimum atomic E-state index is -0.405. The van der Waals surface area contributed by atoms with Crippen LogP contribution in [0, 0.1) is 24.6 Å². The van der Waals surface area contributed by atoms with Crippen molar-refractivity contribution in [2.45, 2.75) is 77.4 Å². The fraction of sp³-hybridized carbons (Fsp3) is 0.667. The predicted octanol–water partition coefficient (Wildman–Crippen LogP) is 5.45. The molecule has 3 rings (SSSR count). The molecule has 1 aromatic heterocycles. The molecule has 168 valence electrons. The van der Waals surface area contributed by atoms with Gasteiger partial charge in [-0.2, -0.15) is 0 Å². The highest BCUT2D eigenvalue weighted by molar-refractivity contribution is 5.68. The van der Waals surface area contributed by atoms with Gasteiger partial charge >= 0.3 is 6.09 Å². The van der Waals surface area contributed by atoms with Crippen molar-refractivity contribution in [2.75, 3.05) is 19.7 Å². The van der Waals surface area contributed by atoms with E-state index in [0.29, 0.717) is 12.0 Å². The molecule has 2 aliphatic rings. The van der Waals surface area contributed by atoms with Crippen LogP contribution >= 0.6 is 0 Å². The van der Waals surface area contributed by atoms with E-state index in [9.17, 15) is 9.18 Å². The molecule has 0 spiro atoms. The third-order valence-electron chi connectivity index (χ3n) is 5.01. The molecule has 2 fully saturated rings. The molecule has 5 nitrogen and oxygen atoms in total. The van der Waals surface area contributed by atoms with Crippen molar-refractivity contribution in [3.05, 3.63) is 30.3 Å². The summed E-state index contributed by atoms with van der Waals surface area (Å²) in [5, 5.41) is 0. The highest BCUT2D eigenvalue weighted by atomic mass is 19.1. The Balaban J connectivity index is 0.000000418. The van der Waals surface area contributed by atoms with Gasteiger partial charge in [0.05, 0.1) is 12.3 Å². The SMILES string of the molecule is C#C.CC(C)(C)OC(=O)N1CCC(COC2CCCCC2)CC1.Fc1cccnc1. The summed E-state index contributed by atoms with van der Waals surface area (Å²) in [6.45, 7) is 8.20. The van der Waals surface area contributed by atoms with E-state index in [1.807, 2.05) is 25.7 Å². The molecule has 0 unspecified atom stereocenters. The normalized spacial score (nSPS) is 17.7. The number of terminal acetylenes is 1. The van der Waals surface area contributed by atoms with E-state index in [1.54, 1.807) is 6.07 Å². The first-order chi connectivity index (χ1) is 14.3. The number of aromatic nitrogens is 1. The van der Waals surface area contributed by atoms with Crippen LogP contribution in [0.4, 0.5) is 9.18 Å². The summed E-state index contributed by atoms with van der Waals surface area (Å²) in [4.78, 5) is 17.3. The lowest BCUT2D eigenvalue weighted by molar-refractivity contribution is -0.0125. The number of hydrogen-bond acceptors (Lipinski definition) is 4. The van der Waals surface area contributed by atoms with Crippen LogP contribution in [-0.2, 0) is 9.47 Å². The monoisotopic (exact) mass is 420 g/mol. The first kappa shape index (κ1) is 25.9. The molecule has 1 aliphatic carbocycles. The summed E-state index contributed by atoms with van der Waals surface area (Å²) in [6, 6.07) is 2.91. The zero-order chi connectivity index (χ0) is 22.4. The van der Waals surface area contributed by atoms with Crippen LogP contribution in [0.15, 0.2) is 24.5 Å². The van der Waals surface area contributed by atoms with Gasteiger partial charge < -0.3 is 14.4 Å². The van der Waals surface area contributed by atoms with E-state index >= 15 is 0 Å². The molecule has 1 amide bonds. The summed E-state index contributed by atoms with van der Waals surface area (Å²) < 4.78 is 23.3. The zero-order valence-corrected chi connectivity index (χ0v) is 18.7. The summed E-state index contributed by atoms with van der Waals surface area (Å²) >= 11 is 0. The maximum absolute atomic E-state index is 12.0. The predicted molar refractivity (Wildman–Crippen MR) is 117 cm³/mol. The van der Waals surface area contributed by atoms with Crippen molar-refractivity contribution >= 4 is 6.09 Å². The first-order valence-electron chi connectivity index (χ1n) is 10.8. The Hall–Kier alpha value is -2.13. The zero-order valence-electron chi connectivity index (χ0n) is 18.7. The number of carbonyl (C=O) groups is 1. The number of halogens is 1. The highest BCUT2D eigenvalue weighted by Gasteiger charge is 2.27. The average Bonchev–Trinajstić information content (AvgIpc) is 2.75. The Morgan fingerprint density at radius 2 is 1.80 bits per heavy atom. The Morgan fingerprint density at radius 3 is 2.27 bits per heavy atom. The largest absolute Gasteiger partial charge is 0.444 e. The van der Waals surface area contributed by atoms with Gasteiger partial charge in [-0.1, -0.05) is 19.3 Å². The van der Waals surface area contributed by atoms with Gasteiger partial charge in [-0.15, -0.1) is 12.8 Å². The molecule has 0 atom stereocenters. The van der Waals surface area contributed by atoms with Gasteiger partial charge in [0.1, 0.15) is 11.4 Å². The Morgan fingerprint density at radius 1 is 1.17 bits per heavy atom. The van der Waals surface area contributed by atoms with E-state index in [-0.39, 0.29) is 11.9 Å². The van der Waals surface area contributed by atoms with Gasteiger partial charge in [-0.05, 0) is 64.5 Å². The third-order valence-corrected chi connectivity index (χ3v) is 5.01. The smallest absolute Gasteiger partial charge is 0.410 e. The van der Waals surface area contributed by atoms with Crippen molar-refractivity contribution in [3.63, 3.8) is 0 Å². The van der Waals surface area contributed by atoms with Crippen LogP contribution in [0.1, 0.15) is 65.7 Å². The fourth-order valence-electron chi connectivity index (χ4n) is 3.45. The highest BCUT2D eigenvalue weighted by Crippen LogP contribution is 2.24. The number of pyridine rings is 1. The number of carbonyl (C=O) groups excluding carboxylic acids is 1. The second kappa shape index (κ2) is 14.0. The van der Waals surface area contributed by atoms with Crippen molar-refractivity contribution in [2.24, 2.45) is 5.92 Å². The minimum absolute atomic E-state index is 0.172. The van der Waals surface area contributed by atoms with Crippen LogP contribution in [0.5, 0.6) is 0 Å². The maximum Gasteiger partial charge on any atom is 0.410 e. The number of likely N-dealkylation sites (tertiary alicyclic amines) is 1. The molecule has 1 aliphatic heterocycles. The van der Waals surface area contributed by atoms with E-state index in [0.717, 1.165) is 32.5 Å². The van der Waals surface area contributed by atoms with Gasteiger partial charge in [-0.25, -0.2) is 9.18 Å². The van der Waals surface area contributed by atoms with Crippen LogP contribution in [0.25, 0.3) is 0 Å². The third kappa shape index (κ3) is 11.2. The van der Waals surface area contributed by atoms with Gasteiger partial charge in [0.15, 0.2) is 0 Å². The lowest BCUT2D eigenvalue weighted by atomic mass is 9.96. The van der Waals surface area contributed by atoms with E-state index in [2.05, 4.69) is 17.8 Å². The maximum atomic E-state index is 12.0. The van der Waals surface area contributed by atoms with Crippen molar-refractivity contribution in [1.82, 2.24) is 9.88 Å². The second-order valence-electron chi connectivity index (χ2n) is 8.68. The van der Waals surface area contributed by atoms with Crippen molar-refractivity contribution < 1.29 is 18.7 Å². The molecule has 1 aromatic rings. The van der Waals surface area contributed by atoms with E-state index in [1.165, 1.54) is 50.6 Å². The first-order valence-corrected chi connectivity index (χ1v) is 10.8. The number of ether oxygens (including phenoxy) is 2. The summed E-state index contributed by atoms with van der Waals surface area (Å²) in [5.74, 6) is 0.313. The van der Waals surface area contributed by atoms with Crippen molar-refractivity contribution in [1.29, 1.82) is 0 Å². The molecular formula is C24H37FN2O3. The Labute approximate surface area is 181 Å². The average molecular weight is 421 g/mol. The lowest BCUT2D eigenvalue weighted by Crippen LogP contribution is -2.42. The minimum Gasteiger partial charge on any atom is -0.444 e. The van der Waals surface area contributed by atoms with Gasteiger partial charge in [0, 0.05) is 25.9 Å². The van der Waals surface area contributed by atoms with Crippen LogP contribution in [-0.4, -0.2) is 47.4 Å². The van der Waals surface area contributed by atoms with E-state index in [4.69, 9.17) is 9.47 Å². The number of rotatable bonds is 3. The molecule has 6 heteroatoms. The molecule has 30 heavy (non-hydrogen) atoms. The summed E-state index contributed by atoms with van der Waals surface area (Å²) in [5.41, 5.74) is -0.405. The number of nitrogens with zero attached hydrogens (tertiary/aromatic N) is 2. The summed E-state index contributed by atoms with van der Waals surface area (Å²) in [7, 11) is 0. The molecular weight excluding hydrogens is 383 g/mol. The molecule has 0 radical (unpaired) electrons. The Bertz CT molecular complexity index is 602.